The maximum Gasteiger partial charge on any atom is 0.273 e. The van der Waals surface area contributed by atoms with E-state index in [1.54, 1.807) is 13.3 Å². The molecule has 194 valence electrons. The second-order valence-electron chi connectivity index (χ2n) is 9.12. The minimum Gasteiger partial charge on any atom is -0.497 e. The third kappa shape index (κ3) is 6.46. The molecule has 8 nitrogen and oxygen atoms in total. The summed E-state index contributed by atoms with van der Waals surface area (Å²) in [5.74, 6) is 1.08. The van der Waals surface area contributed by atoms with Crippen LogP contribution in [-0.2, 0) is 25.9 Å². The van der Waals surface area contributed by atoms with Crippen molar-refractivity contribution in [2.24, 2.45) is 0 Å². The van der Waals surface area contributed by atoms with Crippen LogP contribution in [0.1, 0.15) is 33.2 Å². The van der Waals surface area contributed by atoms with E-state index in [-0.39, 0.29) is 11.6 Å². The highest BCUT2D eigenvalue weighted by molar-refractivity contribution is 5.91. The van der Waals surface area contributed by atoms with E-state index in [9.17, 15) is 4.79 Å². The fraction of sp³-hybridized carbons (Fsp3) is 0.233. The predicted octanol–water partition coefficient (Wildman–Crippen LogP) is 4.78. The molecule has 0 atom stereocenters. The number of benzene rings is 2. The molecule has 0 aliphatic heterocycles. The molecule has 0 aliphatic rings. The van der Waals surface area contributed by atoms with Gasteiger partial charge in [-0.05, 0) is 47.9 Å². The number of fused-ring (bicyclic) bond motifs is 1. The van der Waals surface area contributed by atoms with Gasteiger partial charge in [0.2, 0.25) is 5.89 Å². The SMILES string of the molecule is COc1ccc(CN(CCc2c[nH]c3ccccc23)Cc2nc(C(=O)NCCc3ccccn3)co2)cc1. The Kier molecular flexibility index (Phi) is 8.10. The van der Waals surface area contributed by atoms with E-state index in [2.05, 4.69) is 61.7 Å². The summed E-state index contributed by atoms with van der Waals surface area (Å²) in [6, 6.07) is 22.1. The van der Waals surface area contributed by atoms with Crippen LogP contribution in [-0.4, -0.2) is 46.0 Å². The Hall–Kier alpha value is -4.43. The molecule has 3 heterocycles. The lowest BCUT2D eigenvalue weighted by Gasteiger charge is -2.21. The summed E-state index contributed by atoms with van der Waals surface area (Å²) < 4.78 is 11.0. The Balaban J connectivity index is 1.23. The van der Waals surface area contributed by atoms with Crippen molar-refractivity contribution in [2.75, 3.05) is 20.2 Å². The molecule has 5 rings (SSSR count). The molecule has 0 fully saturated rings. The Morgan fingerprint density at radius 2 is 1.87 bits per heavy atom. The average molecular weight is 510 g/mol. The number of ether oxygens (including phenoxy) is 1. The lowest BCUT2D eigenvalue weighted by Crippen LogP contribution is -2.27. The smallest absolute Gasteiger partial charge is 0.273 e. The third-order valence-electron chi connectivity index (χ3n) is 6.47. The topological polar surface area (TPSA) is 96.3 Å². The number of aromatic amines is 1. The summed E-state index contributed by atoms with van der Waals surface area (Å²) in [7, 11) is 1.66. The van der Waals surface area contributed by atoms with Gasteiger partial charge in [-0.25, -0.2) is 4.98 Å². The van der Waals surface area contributed by atoms with E-state index < -0.39 is 0 Å². The number of hydrogen-bond donors (Lipinski definition) is 2. The molecule has 8 heteroatoms. The largest absolute Gasteiger partial charge is 0.497 e. The quantitative estimate of drug-likeness (QED) is 0.251. The zero-order chi connectivity index (χ0) is 26.2. The van der Waals surface area contributed by atoms with Crippen LogP contribution in [0.3, 0.4) is 0 Å². The first-order valence-electron chi connectivity index (χ1n) is 12.7. The van der Waals surface area contributed by atoms with Crippen LogP contribution >= 0.6 is 0 Å². The minimum atomic E-state index is -0.253. The number of hydrogen-bond acceptors (Lipinski definition) is 6. The van der Waals surface area contributed by atoms with Crippen LogP contribution < -0.4 is 10.1 Å². The molecule has 0 spiro atoms. The summed E-state index contributed by atoms with van der Waals surface area (Å²) in [5.41, 5.74) is 4.76. The van der Waals surface area contributed by atoms with Gasteiger partial charge in [0.15, 0.2) is 5.69 Å². The molecule has 0 aliphatic carbocycles. The van der Waals surface area contributed by atoms with Crippen molar-refractivity contribution in [3.8, 4) is 5.75 Å². The average Bonchev–Trinajstić information content (AvgIpc) is 3.60. The van der Waals surface area contributed by atoms with Crippen molar-refractivity contribution >= 4 is 16.8 Å². The molecule has 38 heavy (non-hydrogen) atoms. The number of H-pyrrole nitrogens is 1. The van der Waals surface area contributed by atoms with Crippen LogP contribution in [0.15, 0.2) is 89.8 Å². The zero-order valence-corrected chi connectivity index (χ0v) is 21.4. The second-order valence-corrected chi connectivity index (χ2v) is 9.12. The second kappa shape index (κ2) is 12.2. The first-order valence-corrected chi connectivity index (χ1v) is 12.7. The van der Waals surface area contributed by atoms with Crippen molar-refractivity contribution in [3.05, 3.63) is 114 Å². The minimum absolute atomic E-state index is 0.253. The molecule has 0 saturated heterocycles. The summed E-state index contributed by atoms with van der Waals surface area (Å²) in [4.78, 5) is 27.0. The van der Waals surface area contributed by atoms with Crippen molar-refractivity contribution < 1.29 is 13.9 Å². The molecule has 2 aromatic carbocycles. The van der Waals surface area contributed by atoms with Crippen LogP contribution in [0.25, 0.3) is 10.9 Å². The predicted molar refractivity (Wildman–Crippen MR) is 146 cm³/mol. The maximum atomic E-state index is 12.6. The Morgan fingerprint density at radius 1 is 1.03 bits per heavy atom. The van der Waals surface area contributed by atoms with Gasteiger partial charge >= 0.3 is 0 Å². The number of carbonyl (C=O) groups is 1. The number of nitrogens with one attached hydrogen (secondary N) is 2. The van der Waals surface area contributed by atoms with Gasteiger partial charge in [-0.2, -0.15) is 0 Å². The van der Waals surface area contributed by atoms with Crippen molar-refractivity contribution in [3.63, 3.8) is 0 Å². The van der Waals surface area contributed by atoms with E-state index >= 15 is 0 Å². The number of nitrogens with zero attached hydrogens (tertiary/aromatic N) is 3. The highest BCUT2D eigenvalue weighted by Gasteiger charge is 2.16. The van der Waals surface area contributed by atoms with E-state index in [4.69, 9.17) is 9.15 Å². The normalized spacial score (nSPS) is 11.2. The monoisotopic (exact) mass is 509 g/mol. The first kappa shape index (κ1) is 25.2. The number of amides is 1. The molecular formula is C30H31N5O3. The Labute approximate surface area is 221 Å². The van der Waals surface area contributed by atoms with Gasteiger partial charge in [-0.1, -0.05) is 36.4 Å². The molecule has 3 aromatic heterocycles. The van der Waals surface area contributed by atoms with Gasteiger partial charge in [0.05, 0.1) is 13.7 Å². The molecule has 0 bridgehead atoms. The van der Waals surface area contributed by atoms with E-state index in [0.29, 0.717) is 31.9 Å². The van der Waals surface area contributed by atoms with Gasteiger partial charge in [0.1, 0.15) is 12.0 Å². The molecule has 0 saturated carbocycles. The van der Waals surface area contributed by atoms with Gasteiger partial charge in [0, 0.05) is 55.0 Å². The number of aromatic nitrogens is 3. The number of pyridine rings is 1. The fourth-order valence-corrected chi connectivity index (χ4v) is 4.44. The van der Waals surface area contributed by atoms with Gasteiger partial charge in [-0.3, -0.25) is 14.7 Å². The summed E-state index contributed by atoms with van der Waals surface area (Å²) in [5, 5.41) is 4.13. The van der Waals surface area contributed by atoms with Crippen molar-refractivity contribution in [1.82, 2.24) is 25.2 Å². The van der Waals surface area contributed by atoms with Crippen LogP contribution in [0.5, 0.6) is 5.75 Å². The van der Waals surface area contributed by atoms with Crippen LogP contribution in [0, 0.1) is 0 Å². The molecular weight excluding hydrogens is 478 g/mol. The summed E-state index contributed by atoms with van der Waals surface area (Å²) in [6.45, 7) is 2.46. The van der Waals surface area contributed by atoms with Gasteiger partial charge < -0.3 is 19.5 Å². The fourth-order valence-electron chi connectivity index (χ4n) is 4.44. The van der Waals surface area contributed by atoms with Crippen molar-refractivity contribution in [1.29, 1.82) is 0 Å². The van der Waals surface area contributed by atoms with Crippen molar-refractivity contribution in [2.45, 2.75) is 25.9 Å². The highest BCUT2D eigenvalue weighted by Crippen LogP contribution is 2.20. The van der Waals surface area contributed by atoms with Gasteiger partial charge in [-0.15, -0.1) is 0 Å². The summed E-state index contributed by atoms with van der Waals surface area (Å²) in [6.07, 6.45) is 6.77. The van der Waals surface area contributed by atoms with E-state index in [1.165, 1.54) is 17.2 Å². The molecule has 1 amide bonds. The molecule has 0 radical (unpaired) electrons. The third-order valence-corrected chi connectivity index (χ3v) is 6.47. The van der Waals surface area contributed by atoms with Gasteiger partial charge in [0.25, 0.3) is 5.91 Å². The Morgan fingerprint density at radius 3 is 2.68 bits per heavy atom. The van der Waals surface area contributed by atoms with E-state index in [0.717, 1.165) is 35.5 Å². The zero-order valence-electron chi connectivity index (χ0n) is 21.4. The lowest BCUT2D eigenvalue weighted by atomic mass is 10.1. The summed E-state index contributed by atoms with van der Waals surface area (Å²) >= 11 is 0. The number of carbonyl (C=O) groups excluding carboxylic acids is 1. The molecule has 0 unspecified atom stereocenters. The highest BCUT2D eigenvalue weighted by atomic mass is 16.5. The number of oxazole rings is 1. The molecule has 5 aromatic rings. The number of para-hydroxylation sites is 1. The Bertz CT molecular complexity index is 1460. The van der Waals surface area contributed by atoms with Crippen LogP contribution in [0.4, 0.5) is 0 Å². The number of methoxy groups -OCH3 is 1. The maximum absolute atomic E-state index is 12.6. The molecule has 2 N–H and O–H groups in total. The van der Waals surface area contributed by atoms with Crippen LogP contribution in [0.2, 0.25) is 0 Å². The lowest BCUT2D eigenvalue weighted by molar-refractivity contribution is 0.0949. The number of rotatable bonds is 12. The standard InChI is InChI=1S/C30H31N5O3/c1-37-25-11-9-22(10-12-25)19-35(17-14-23-18-33-27-8-3-2-7-26(23)27)20-29-34-28(21-38-29)30(36)32-16-13-24-6-4-5-15-31-24/h2-12,15,18,21,33H,13-14,16-17,19-20H2,1H3,(H,32,36). The van der Waals surface area contributed by atoms with E-state index in [1.807, 2.05) is 36.4 Å². The first-order chi connectivity index (χ1) is 18.7.